The van der Waals surface area contributed by atoms with Gasteiger partial charge in [-0.05, 0) is 19.3 Å². The standard InChI is InChI=1S/C17H35NO10/c1-8(2)4-11(21)13(22)10(18-7-27-9(3)20)6-26-17-16(25)15(24)14(23)12(5-19)28-17/h8-25H,4-7H2,1-3H3/t9?,10?,11?,12?,13?,14-,15?,16?,17-/m0/s1. The number of ether oxygens (including phenoxy) is 3. The molecule has 1 saturated heterocycles. The third-order valence-corrected chi connectivity index (χ3v) is 4.48. The van der Waals surface area contributed by atoms with Gasteiger partial charge in [0.2, 0.25) is 0 Å². The van der Waals surface area contributed by atoms with Gasteiger partial charge in [0.1, 0.15) is 31.1 Å². The molecule has 11 nitrogen and oxygen atoms in total. The molecule has 0 aliphatic carbocycles. The molecule has 1 aliphatic heterocycles. The van der Waals surface area contributed by atoms with Gasteiger partial charge in [-0.1, -0.05) is 13.8 Å². The van der Waals surface area contributed by atoms with Gasteiger partial charge in [-0.15, -0.1) is 0 Å². The van der Waals surface area contributed by atoms with Crippen LogP contribution in [0.4, 0.5) is 0 Å². The van der Waals surface area contributed by atoms with E-state index in [0.29, 0.717) is 6.42 Å². The van der Waals surface area contributed by atoms with E-state index < -0.39 is 61.9 Å². The quantitative estimate of drug-likeness (QED) is 0.151. The Morgan fingerprint density at radius 2 is 1.64 bits per heavy atom. The van der Waals surface area contributed by atoms with Crippen molar-refractivity contribution in [2.24, 2.45) is 5.92 Å². The van der Waals surface area contributed by atoms with Crippen LogP contribution in [-0.4, -0.2) is 111 Å². The van der Waals surface area contributed by atoms with Gasteiger partial charge in [-0.25, -0.2) is 0 Å². The van der Waals surface area contributed by atoms with Crippen LogP contribution in [0.1, 0.15) is 27.2 Å². The zero-order valence-electron chi connectivity index (χ0n) is 16.5. The first-order valence-corrected chi connectivity index (χ1v) is 9.39. The minimum absolute atomic E-state index is 0.130. The number of nitrogens with one attached hydrogen (secondary N) is 1. The lowest BCUT2D eigenvalue weighted by Crippen LogP contribution is -2.60. The first-order valence-electron chi connectivity index (χ1n) is 9.39. The van der Waals surface area contributed by atoms with Crippen molar-refractivity contribution < 1.29 is 50.0 Å². The van der Waals surface area contributed by atoms with E-state index in [4.69, 9.17) is 14.2 Å². The van der Waals surface area contributed by atoms with Crippen LogP contribution in [0.25, 0.3) is 0 Å². The SMILES string of the molecule is CC(C)CC(O)C(O)C(CO[C@H]1OC(CO)[C@H](O)C(O)C1O)NCOC(C)O. The van der Waals surface area contributed by atoms with Crippen molar-refractivity contribution in [3.63, 3.8) is 0 Å². The van der Waals surface area contributed by atoms with Crippen LogP contribution in [0.2, 0.25) is 0 Å². The highest BCUT2D eigenvalue weighted by molar-refractivity contribution is 4.89. The van der Waals surface area contributed by atoms with Crippen molar-refractivity contribution in [1.29, 1.82) is 0 Å². The van der Waals surface area contributed by atoms with Gasteiger partial charge in [0, 0.05) is 0 Å². The Morgan fingerprint density at radius 1 is 1.00 bits per heavy atom. The van der Waals surface area contributed by atoms with E-state index in [0.717, 1.165) is 0 Å². The first kappa shape index (κ1) is 25.6. The lowest BCUT2D eigenvalue weighted by molar-refractivity contribution is -0.303. The molecule has 8 N–H and O–H groups in total. The Morgan fingerprint density at radius 3 is 2.18 bits per heavy atom. The van der Waals surface area contributed by atoms with Gasteiger partial charge in [-0.2, -0.15) is 0 Å². The summed E-state index contributed by atoms with van der Waals surface area (Å²) in [7, 11) is 0. The predicted octanol–water partition coefficient (Wildman–Crippen LogP) is -3.16. The lowest BCUT2D eigenvalue weighted by Gasteiger charge is -2.40. The Labute approximate surface area is 164 Å². The Balaban J connectivity index is 2.73. The van der Waals surface area contributed by atoms with Crippen molar-refractivity contribution >= 4 is 0 Å². The Kier molecular flexibility index (Phi) is 11.2. The van der Waals surface area contributed by atoms with E-state index in [9.17, 15) is 35.7 Å². The molecule has 11 heteroatoms. The number of aliphatic hydroxyl groups excluding tert-OH is 7. The van der Waals surface area contributed by atoms with Gasteiger partial charge in [0.15, 0.2) is 12.6 Å². The normalized spacial score (nSPS) is 32.9. The molecule has 0 aromatic heterocycles. The van der Waals surface area contributed by atoms with Gasteiger partial charge in [0.05, 0.1) is 31.5 Å². The molecule has 168 valence electrons. The summed E-state index contributed by atoms with van der Waals surface area (Å²) in [5, 5.41) is 71.4. The summed E-state index contributed by atoms with van der Waals surface area (Å²) in [6.07, 6.45) is -10.2. The predicted molar refractivity (Wildman–Crippen MR) is 95.7 cm³/mol. The topological polar surface area (TPSA) is 181 Å². The van der Waals surface area contributed by atoms with Crippen molar-refractivity contribution in [3.05, 3.63) is 0 Å². The fourth-order valence-electron chi connectivity index (χ4n) is 2.85. The minimum atomic E-state index is -1.59. The molecule has 0 radical (unpaired) electrons. The van der Waals surface area contributed by atoms with E-state index in [1.807, 2.05) is 13.8 Å². The van der Waals surface area contributed by atoms with Crippen LogP contribution < -0.4 is 5.32 Å². The average molecular weight is 413 g/mol. The summed E-state index contributed by atoms with van der Waals surface area (Å²) < 4.78 is 15.7. The molecular weight excluding hydrogens is 378 g/mol. The van der Waals surface area contributed by atoms with Crippen molar-refractivity contribution in [2.45, 2.75) is 82.4 Å². The van der Waals surface area contributed by atoms with E-state index in [1.165, 1.54) is 6.92 Å². The zero-order chi connectivity index (χ0) is 21.4. The van der Waals surface area contributed by atoms with Crippen LogP contribution in [0.3, 0.4) is 0 Å². The summed E-state index contributed by atoms with van der Waals surface area (Å²) >= 11 is 0. The molecule has 0 bridgehead atoms. The fourth-order valence-corrected chi connectivity index (χ4v) is 2.85. The first-order chi connectivity index (χ1) is 13.1. The molecule has 1 rings (SSSR count). The molecular formula is C17H35NO10. The van der Waals surface area contributed by atoms with E-state index in [2.05, 4.69) is 5.32 Å². The van der Waals surface area contributed by atoms with Crippen LogP contribution in [0.5, 0.6) is 0 Å². The minimum Gasteiger partial charge on any atom is -0.394 e. The van der Waals surface area contributed by atoms with Crippen LogP contribution in [0.15, 0.2) is 0 Å². The molecule has 9 atom stereocenters. The Hall–Kier alpha value is -0.440. The van der Waals surface area contributed by atoms with Gasteiger partial charge < -0.3 is 50.0 Å². The second-order valence-electron chi connectivity index (χ2n) is 7.44. The summed E-state index contributed by atoms with van der Waals surface area (Å²) in [6.45, 7) is 4.18. The largest absolute Gasteiger partial charge is 0.394 e. The van der Waals surface area contributed by atoms with E-state index in [-0.39, 0.29) is 19.3 Å². The number of hydrogen-bond donors (Lipinski definition) is 8. The van der Waals surface area contributed by atoms with Crippen LogP contribution in [0, 0.1) is 5.92 Å². The van der Waals surface area contributed by atoms with E-state index >= 15 is 0 Å². The third-order valence-electron chi connectivity index (χ3n) is 4.48. The highest BCUT2D eigenvalue weighted by Crippen LogP contribution is 2.22. The monoisotopic (exact) mass is 413 g/mol. The zero-order valence-corrected chi connectivity index (χ0v) is 16.5. The van der Waals surface area contributed by atoms with Crippen LogP contribution in [-0.2, 0) is 14.2 Å². The maximum absolute atomic E-state index is 10.4. The van der Waals surface area contributed by atoms with Crippen LogP contribution >= 0.6 is 0 Å². The molecule has 28 heavy (non-hydrogen) atoms. The highest BCUT2D eigenvalue weighted by Gasteiger charge is 2.44. The smallest absolute Gasteiger partial charge is 0.186 e. The fraction of sp³-hybridized carbons (Fsp3) is 1.00. The summed E-state index contributed by atoms with van der Waals surface area (Å²) in [6, 6.07) is -0.861. The summed E-state index contributed by atoms with van der Waals surface area (Å²) in [5.41, 5.74) is 0. The molecule has 1 aliphatic rings. The number of rotatable bonds is 12. The van der Waals surface area contributed by atoms with Crippen molar-refractivity contribution in [3.8, 4) is 0 Å². The highest BCUT2D eigenvalue weighted by atomic mass is 16.7. The maximum Gasteiger partial charge on any atom is 0.186 e. The number of aliphatic hydroxyl groups is 7. The van der Waals surface area contributed by atoms with E-state index in [1.54, 1.807) is 0 Å². The molecule has 0 aromatic rings. The van der Waals surface area contributed by atoms with Crippen molar-refractivity contribution in [1.82, 2.24) is 5.32 Å². The average Bonchev–Trinajstić information content (AvgIpc) is 2.62. The van der Waals surface area contributed by atoms with Gasteiger partial charge in [0.25, 0.3) is 0 Å². The molecule has 1 heterocycles. The molecule has 0 saturated carbocycles. The molecule has 1 fully saturated rings. The number of hydrogen-bond acceptors (Lipinski definition) is 11. The van der Waals surface area contributed by atoms with Gasteiger partial charge >= 0.3 is 0 Å². The summed E-state index contributed by atoms with van der Waals surface area (Å²) in [5.74, 6) is 0.130. The lowest BCUT2D eigenvalue weighted by atomic mass is 9.97. The maximum atomic E-state index is 10.4. The molecule has 0 amide bonds. The second kappa shape index (κ2) is 12.3. The summed E-state index contributed by atoms with van der Waals surface area (Å²) in [4.78, 5) is 0. The van der Waals surface area contributed by atoms with Crippen molar-refractivity contribution in [2.75, 3.05) is 19.9 Å². The molecule has 0 spiro atoms. The molecule has 0 aromatic carbocycles. The molecule has 7 unspecified atom stereocenters. The third kappa shape index (κ3) is 7.76. The Bertz CT molecular complexity index is 425. The second-order valence-corrected chi connectivity index (χ2v) is 7.44. The van der Waals surface area contributed by atoms with Gasteiger partial charge in [-0.3, -0.25) is 5.32 Å².